The van der Waals surface area contributed by atoms with Gasteiger partial charge in [-0.1, -0.05) is 25.6 Å². The zero-order valence-corrected chi connectivity index (χ0v) is 9.55. The van der Waals surface area contributed by atoms with Crippen LogP contribution in [0.5, 0.6) is 0 Å². The van der Waals surface area contributed by atoms with E-state index in [1.165, 1.54) is 0 Å². The number of nitrogens with one attached hydrogen (secondary N) is 1. The maximum absolute atomic E-state index is 4.14. The van der Waals surface area contributed by atoms with E-state index in [2.05, 4.69) is 29.1 Å². The molecule has 0 aliphatic heterocycles. The van der Waals surface area contributed by atoms with Gasteiger partial charge >= 0.3 is 0 Å². The van der Waals surface area contributed by atoms with Crippen molar-refractivity contribution in [1.29, 1.82) is 0 Å². The Balaban J connectivity index is 2.05. The summed E-state index contributed by atoms with van der Waals surface area (Å²) in [4.78, 5) is 8.27. The predicted octanol–water partition coefficient (Wildman–Crippen LogP) is 1.81. The Morgan fingerprint density at radius 2 is 2.07 bits per heavy atom. The molecule has 0 radical (unpaired) electrons. The largest absolute Gasteiger partial charge is 0.316 e. The van der Waals surface area contributed by atoms with E-state index in [1.54, 1.807) is 24.2 Å². The number of hydrogen-bond donors (Lipinski definition) is 1. The summed E-state index contributed by atoms with van der Waals surface area (Å²) in [6.45, 7) is 6.51. The highest BCUT2D eigenvalue weighted by Crippen LogP contribution is 2.09. The molecule has 1 rings (SSSR count). The SMILES string of the molecule is CC(C)CNCCSc1ncccn1. The Bertz CT molecular complexity index is 238. The lowest BCUT2D eigenvalue weighted by atomic mass is 10.2. The second-order valence-corrected chi connectivity index (χ2v) is 4.54. The van der Waals surface area contributed by atoms with E-state index in [0.29, 0.717) is 5.92 Å². The molecular formula is C10H17N3S. The van der Waals surface area contributed by atoms with Gasteiger partial charge in [0.2, 0.25) is 0 Å². The number of aromatic nitrogens is 2. The molecule has 0 saturated carbocycles. The fourth-order valence-corrected chi connectivity index (χ4v) is 1.66. The number of nitrogens with zero attached hydrogens (tertiary/aromatic N) is 2. The molecule has 3 nitrogen and oxygen atoms in total. The van der Waals surface area contributed by atoms with Crippen molar-refractivity contribution in [1.82, 2.24) is 15.3 Å². The van der Waals surface area contributed by atoms with Crippen molar-refractivity contribution < 1.29 is 0 Å². The Morgan fingerprint density at radius 1 is 1.36 bits per heavy atom. The summed E-state index contributed by atoms with van der Waals surface area (Å²) < 4.78 is 0. The van der Waals surface area contributed by atoms with Crippen LogP contribution in [0.25, 0.3) is 0 Å². The molecule has 0 aliphatic rings. The molecule has 0 spiro atoms. The highest BCUT2D eigenvalue weighted by molar-refractivity contribution is 7.99. The third-order valence-electron chi connectivity index (χ3n) is 1.60. The van der Waals surface area contributed by atoms with Gasteiger partial charge in [-0.3, -0.25) is 0 Å². The van der Waals surface area contributed by atoms with Crippen LogP contribution in [0.2, 0.25) is 0 Å². The van der Waals surface area contributed by atoms with Gasteiger partial charge in [0.15, 0.2) is 5.16 Å². The molecule has 0 aromatic carbocycles. The molecule has 0 unspecified atom stereocenters. The van der Waals surface area contributed by atoms with Crippen LogP contribution in [-0.2, 0) is 0 Å². The van der Waals surface area contributed by atoms with Crippen LogP contribution in [0.3, 0.4) is 0 Å². The van der Waals surface area contributed by atoms with Crippen molar-refractivity contribution in [2.45, 2.75) is 19.0 Å². The van der Waals surface area contributed by atoms with E-state index in [-0.39, 0.29) is 0 Å². The van der Waals surface area contributed by atoms with Gasteiger partial charge in [0, 0.05) is 24.7 Å². The fourth-order valence-electron chi connectivity index (χ4n) is 0.965. The van der Waals surface area contributed by atoms with E-state index < -0.39 is 0 Å². The molecule has 14 heavy (non-hydrogen) atoms. The fraction of sp³-hybridized carbons (Fsp3) is 0.600. The average Bonchev–Trinajstić information content (AvgIpc) is 2.18. The maximum atomic E-state index is 4.14. The topological polar surface area (TPSA) is 37.8 Å². The third-order valence-corrected chi connectivity index (χ3v) is 2.48. The Kier molecular flexibility index (Phi) is 5.56. The second-order valence-electron chi connectivity index (χ2n) is 3.48. The first kappa shape index (κ1) is 11.5. The van der Waals surface area contributed by atoms with Crippen LogP contribution in [0.4, 0.5) is 0 Å². The summed E-state index contributed by atoms with van der Waals surface area (Å²) in [6.07, 6.45) is 3.55. The van der Waals surface area contributed by atoms with Gasteiger partial charge in [-0.25, -0.2) is 9.97 Å². The first-order chi connectivity index (χ1) is 6.79. The monoisotopic (exact) mass is 211 g/mol. The number of thioether (sulfide) groups is 1. The molecule has 0 fully saturated rings. The van der Waals surface area contributed by atoms with Gasteiger partial charge in [0.1, 0.15) is 0 Å². The lowest BCUT2D eigenvalue weighted by Gasteiger charge is -2.05. The number of hydrogen-bond acceptors (Lipinski definition) is 4. The van der Waals surface area contributed by atoms with Crippen LogP contribution in [0, 0.1) is 5.92 Å². The van der Waals surface area contributed by atoms with Crippen LogP contribution in [0.1, 0.15) is 13.8 Å². The Labute approximate surface area is 89.7 Å². The van der Waals surface area contributed by atoms with Crippen LogP contribution in [0.15, 0.2) is 23.6 Å². The van der Waals surface area contributed by atoms with E-state index in [9.17, 15) is 0 Å². The summed E-state index contributed by atoms with van der Waals surface area (Å²) in [5.74, 6) is 1.74. The smallest absolute Gasteiger partial charge is 0.187 e. The average molecular weight is 211 g/mol. The summed E-state index contributed by atoms with van der Waals surface area (Å²) in [5, 5.41) is 4.24. The van der Waals surface area contributed by atoms with Crippen molar-refractivity contribution in [3.8, 4) is 0 Å². The number of rotatable bonds is 6. The second kappa shape index (κ2) is 6.79. The van der Waals surface area contributed by atoms with Gasteiger partial charge in [-0.2, -0.15) is 0 Å². The molecule has 0 bridgehead atoms. The molecule has 0 atom stereocenters. The first-order valence-corrected chi connectivity index (χ1v) is 5.88. The zero-order valence-electron chi connectivity index (χ0n) is 8.73. The van der Waals surface area contributed by atoms with Crippen molar-refractivity contribution >= 4 is 11.8 Å². The summed E-state index contributed by atoms with van der Waals surface area (Å²) in [5.41, 5.74) is 0. The summed E-state index contributed by atoms with van der Waals surface area (Å²) in [6, 6.07) is 1.83. The lowest BCUT2D eigenvalue weighted by molar-refractivity contribution is 0.568. The van der Waals surface area contributed by atoms with Crippen molar-refractivity contribution in [2.75, 3.05) is 18.8 Å². The highest BCUT2D eigenvalue weighted by Gasteiger charge is 1.96. The third kappa shape index (κ3) is 5.19. The predicted molar refractivity (Wildman–Crippen MR) is 60.5 cm³/mol. The molecule has 1 aromatic rings. The molecule has 0 saturated heterocycles. The Hall–Kier alpha value is -0.610. The summed E-state index contributed by atoms with van der Waals surface area (Å²) in [7, 11) is 0. The normalized spacial score (nSPS) is 10.8. The minimum Gasteiger partial charge on any atom is -0.316 e. The Morgan fingerprint density at radius 3 is 2.71 bits per heavy atom. The maximum Gasteiger partial charge on any atom is 0.187 e. The minimum atomic E-state index is 0.716. The van der Waals surface area contributed by atoms with Crippen LogP contribution < -0.4 is 5.32 Å². The van der Waals surface area contributed by atoms with E-state index in [0.717, 1.165) is 24.0 Å². The zero-order chi connectivity index (χ0) is 10.2. The van der Waals surface area contributed by atoms with E-state index in [1.807, 2.05) is 6.07 Å². The first-order valence-electron chi connectivity index (χ1n) is 4.89. The van der Waals surface area contributed by atoms with Gasteiger partial charge in [0.25, 0.3) is 0 Å². The molecule has 0 amide bonds. The molecule has 0 aliphatic carbocycles. The lowest BCUT2D eigenvalue weighted by Crippen LogP contribution is -2.22. The molecule has 78 valence electrons. The van der Waals surface area contributed by atoms with Crippen LogP contribution in [-0.4, -0.2) is 28.8 Å². The van der Waals surface area contributed by atoms with Gasteiger partial charge in [-0.15, -0.1) is 0 Å². The highest BCUT2D eigenvalue weighted by atomic mass is 32.2. The van der Waals surface area contributed by atoms with Crippen molar-refractivity contribution in [2.24, 2.45) is 5.92 Å². The molecule has 1 N–H and O–H groups in total. The van der Waals surface area contributed by atoms with Crippen LogP contribution >= 0.6 is 11.8 Å². The minimum absolute atomic E-state index is 0.716. The van der Waals surface area contributed by atoms with E-state index >= 15 is 0 Å². The molecule has 1 aromatic heterocycles. The van der Waals surface area contributed by atoms with Gasteiger partial charge < -0.3 is 5.32 Å². The van der Waals surface area contributed by atoms with Gasteiger partial charge in [0.05, 0.1) is 0 Å². The van der Waals surface area contributed by atoms with Gasteiger partial charge in [-0.05, 0) is 18.5 Å². The molecular weight excluding hydrogens is 194 g/mol. The molecule has 4 heteroatoms. The van der Waals surface area contributed by atoms with Crippen molar-refractivity contribution in [3.05, 3.63) is 18.5 Å². The quantitative estimate of drug-likeness (QED) is 0.442. The molecule has 1 heterocycles. The van der Waals surface area contributed by atoms with Crippen molar-refractivity contribution in [3.63, 3.8) is 0 Å². The standard InChI is InChI=1S/C10H17N3S/c1-9(2)8-11-6-7-14-10-12-4-3-5-13-10/h3-5,9,11H,6-8H2,1-2H3. The summed E-state index contributed by atoms with van der Waals surface area (Å²) >= 11 is 1.69. The van der Waals surface area contributed by atoms with E-state index in [4.69, 9.17) is 0 Å².